The van der Waals surface area contributed by atoms with Gasteiger partial charge in [-0.2, -0.15) is 9.99 Å². The SMILES string of the molecule is COc1ncnc2c1NN(C1CCCCO1)C2[C@@H]1N[C@H](CO[Si](C)(C)C(C)(C)C)[C@H]2OC(C)(C)O[C@H]21. The van der Waals surface area contributed by atoms with Gasteiger partial charge in [0.1, 0.15) is 30.5 Å². The van der Waals surface area contributed by atoms with Crippen molar-refractivity contribution in [2.45, 2.75) is 114 Å². The third kappa shape index (κ3) is 4.68. The summed E-state index contributed by atoms with van der Waals surface area (Å²) < 4.78 is 31.5. The van der Waals surface area contributed by atoms with Crippen LogP contribution >= 0.6 is 0 Å². The molecule has 5 heterocycles. The van der Waals surface area contributed by atoms with Gasteiger partial charge < -0.3 is 34.1 Å². The number of hydrogen-bond acceptors (Lipinski definition) is 10. The molecule has 0 amide bonds. The number of nitrogens with one attached hydrogen (secondary N) is 2. The smallest absolute Gasteiger partial charge is 0.241 e. The molecule has 5 rings (SSSR count). The summed E-state index contributed by atoms with van der Waals surface area (Å²) in [5.41, 5.74) is 5.21. The number of nitrogens with zero attached hydrogens (tertiary/aromatic N) is 3. The van der Waals surface area contributed by atoms with Gasteiger partial charge >= 0.3 is 0 Å². The molecule has 0 bridgehead atoms. The van der Waals surface area contributed by atoms with Gasteiger partial charge in [-0.3, -0.25) is 0 Å². The second-order valence-electron chi connectivity index (χ2n) is 12.4. The molecule has 1 aromatic rings. The van der Waals surface area contributed by atoms with Crippen LogP contribution in [0.15, 0.2) is 6.33 Å². The van der Waals surface area contributed by atoms with Crippen molar-refractivity contribution in [1.82, 2.24) is 20.3 Å². The van der Waals surface area contributed by atoms with Crippen molar-refractivity contribution in [3.05, 3.63) is 12.0 Å². The van der Waals surface area contributed by atoms with Crippen LogP contribution < -0.4 is 15.5 Å². The summed E-state index contributed by atoms with van der Waals surface area (Å²) in [6, 6.07) is -0.246. The van der Waals surface area contributed by atoms with Crippen molar-refractivity contribution in [3.8, 4) is 5.88 Å². The van der Waals surface area contributed by atoms with Crippen LogP contribution in [0.5, 0.6) is 5.88 Å². The van der Waals surface area contributed by atoms with Gasteiger partial charge in [-0.1, -0.05) is 20.8 Å². The number of rotatable bonds is 6. The number of hydrogen-bond donors (Lipinski definition) is 2. The van der Waals surface area contributed by atoms with Crippen molar-refractivity contribution in [2.24, 2.45) is 0 Å². The predicted octanol–water partition coefficient (Wildman–Crippen LogP) is 3.58. The van der Waals surface area contributed by atoms with E-state index in [0.29, 0.717) is 12.5 Å². The minimum absolute atomic E-state index is 0.00203. The zero-order valence-electron chi connectivity index (χ0n) is 23.0. The molecule has 11 heteroatoms. The number of anilines is 1. The molecule has 3 saturated heterocycles. The van der Waals surface area contributed by atoms with Crippen molar-refractivity contribution in [2.75, 3.05) is 25.7 Å². The second kappa shape index (κ2) is 9.44. The number of aromatic nitrogens is 2. The quantitative estimate of drug-likeness (QED) is 0.541. The van der Waals surface area contributed by atoms with Crippen LogP contribution in [0, 0.1) is 0 Å². The Morgan fingerprint density at radius 3 is 2.58 bits per heavy atom. The summed E-state index contributed by atoms with van der Waals surface area (Å²) in [4.78, 5) is 9.06. The van der Waals surface area contributed by atoms with E-state index in [1.54, 1.807) is 13.4 Å². The van der Waals surface area contributed by atoms with Crippen LogP contribution in [0.25, 0.3) is 0 Å². The van der Waals surface area contributed by atoms with E-state index in [1.807, 2.05) is 13.8 Å². The van der Waals surface area contributed by atoms with Gasteiger partial charge in [-0.05, 0) is 51.2 Å². The van der Waals surface area contributed by atoms with Crippen molar-refractivity contribution in [1.29, 1.82) is 0 Å². The molecule has 2 N–H and O–H groups in total. The lowest BCUT2D eigenvalue weighted by Crippen LogP contribution is -2.52. The Labute approximate surface area is 215 Å². The first-order valence-corrected chi connectivity index (χ1v) is 16.1. The van der Waals surface area contributed by atoms with E-state index in [1.165, 1.54) is 0 Å². The Morgan fingerprint density at radius 2 is 1.92 bits per heavy atom. The molecule has 36 heavy (non-hydrogen) atoms. The van der Waals surface area contributed by atoms with Gasteiger partial charge in [-0.15, -0.1) is 0 Å². The first kappa shape index (κ1) is 26.3. The van der Waals surface area contributed by atoms with Crippen LogP contribution in [0.3, 0.4) is 0 Å². The highest BCUT2D eigenvalue weighted by Gasteiger charge is 2.59. The molecular weight excluding hydrogens is 478 g/mol. The molecule has 202 valence electrons. The summed E-state index contributed by atoms with van der Waals surface area (Å²) in [7, 11) is -0.300. The molecule has 4 aliphatic heterocycles. The van der Waals surface area contributed by atoms with E-state index >= 15 is 0 Å². The van der Waals surface area contributed by atoms with E-state index in [9.17, 15) is 0 Å². The van der Waals surface area contributed by atoms with Crippen molar-refractivity contribution >= 4 is 14.0 Å². The molecule has 6 atom stereocenters. The van der Waals surface area contributed by atoms with Crippen molar-refractivity contribution in [3.63, 3.8) is 0 Å². The number of fused-ring (bicyclic) bond motifs is 2. The second-order valence-corrected chi connectivity index (χ2v) is 17.2. The Balaban J connectivity index is 1.46. The molecule has 0 aliphatic carbocycles. The normalized spacial score (nSPS) is 34.3. The van der Waals surface area contributed by atoms with Crippen molar-refractivity contribution < 1.29 is 23.4 Å². The number of methoxy groups -OCH3 is 1. The molecule has 0 radical (unpaired) electrons. The average molecular weight is 522 g/mol. The fourth-order valence-corrected chi connectivity index (χ4v) is 6.53. The first-order valence-electron chi connectivity index (χ1n) is 13.2. The summed E-state index contributed by atoms with van der Waals surface area (Å²) in [5, 5.41) is 6.17. The maximum absolute atomic E-state index is 6.66. The molecule has 10 nitrogen and oxygen atoms in total. The zero-order valence-corrected chi connectivity index (χ0v) is 24.0. The van der Waals surface area contributed by atoms with Crippen LogP contribution in [-0.4, -0.2) is 79.9 Å². The van der Waals surface area contributed by atoms with Crippen LogP contribution in [0.4, 0.5) is 5.69 Å². The van der Waals surface area contributed by atoms with E-state index in [0.717, 1.165) is 37.3 Å². The first-order chi connectivity index (χ1) is 16.9. The van der Waals surface area contributed by atoms with Gasteiger partial charge in [0.05, 0.1) is 37.5 Å². The number of hydrazine groups is 1. The van der Waals surface area contributed by atoms with Gasteiger partial charge in [0, 0.05) is 6.61 Å². The molecule has 4 aliphatic rings. The fourth-order valence-electron chi connectivity index (χ4n) is 5.51. The zero-order chi connectivity index (χ0) is 25.9. The lowest BCUT2D eigenvalue weighted by Gasteiger charge is -2.39. The monoisotopic (exact) mass is 521 g/mol. The van der Waals surface area contributed by atoms with E-state index in [4.69, 9.17) is 28.4 Å². The maximum Gasteiger partial charge on any atom is 0.241 e. The van der Waals surface area contributed by atoms with Crippen LogP contribution in [0.2, 0.25) is 18.1 Å². The highest BCUT2D eigenvalue weighted by atomic mass is 28.4. The molecule has 0 saturated carbocycles. The topological polar surface area (TPSA) is 99.2 Å². The fraction of sp³-hybridized carbons (Fsp3) is 0.840. The standard InChI is InChI=1S/C25H43N5O5Si/c1-24(2,3)36(7,8)33-13-15-21-22(35-25(4,5)34-21)19(28-15)20-17-18(23(31-6)27-14-26-17)29-30(20)16-11-9-10-12-32-16/h14-16,19-22,28-29H,9-13H2,1-8H3/t15-,16?,19+,20?,21-,22+/m1/s1. The average Bonchev–Trinajstić information content (AvgIpc) is 3.45. The minimum atomic E-state index is -1.93. The van der Waals surface area contributed by atoms with E-state index < -0.39 is 14.1 Å². The molecule has 0 aromatic carbocycles. The third-order valence-electron chi connectivity index (χ3n) is 8.41. The Kier molecular flexibility index (Phi) is 6.89. The van der Waals surface area contributed by atoms with Gasteiger partial charge in [0.2, 0.25) is 5.88 Å². The van der Waals surface area contributed by atoms with E-state index in [2.05, 4.69) is 54.6 Å². The molecule has 3 fully saturated rings. The summed E-state index contributed by atoms with van der Waals surface area (Å²) in [5.74, 6) is -0.144. The summed E-state index contributed by atoms with van der Waals surface area (Å²) in [6.45, 7) is 16.7. The van der Waals surface area contributed by atoms with Gasteiger partial charge in [0.15, 0.2) is 14.1 Å². The Bertz CT molecular complexity index is 951. The molecular formula is C25H43N5O5Si. The Morgan fingerprint density at radius 1 is 1.17 bits per heavy atom. The Hall–Kier alpha value is -1.34. The van der Waals surface area contributed by atoms with E-state index in [-0.39, 0.29) is 41.6 Å². The third-order valence-corrected chi connectivity index (χ3v) is 12.9. The summed E-state index contributed by atoms with van der Waals surface area (Å²) in [6.07, 6.45) is 4.33. The minimum Gasteiger partial charge on any atom is -0.479 e. The predicted molar refractivity (Wildman–Crippen MR) is 138 cm³/mol. The highest BCUT2D eigenvalue weighted by Crippen LogP contribution is 2.48. The number of ether oxygens (including phenoxy) is 4. The van der Waals surface area contributed by atoms with Crippen LogP contribution in [0.1, 0.15) is 65.6 Å². The molecule has 2 unspecified atom stereocenters. The maximum atomic E-state index is 6.66. The molecule has 1 aromatic heterocycles. The lowest BCUT2D eigenvalue weighted by molar-refractivity contribution is -0.162. The largest absolute Gasteiger partial charge is 0.479 e. The molecule has 0 spiro atoms. The lowest BCUT2D eigenvalue weighted by atomic mass is 9.98. The van der Waals surface area contributed by atoms with Gasteiger partial charge in [-0.25, -0.2) is 4.98 Å². The van der Waals surface area contributed by atoms with Gasteiger partial charge in [0.25, 0.3) is 0 Å². The van der Waals surface area contributed by atoms with Crippen LogP contribution in [-0.2, 0) is 18.6 Å². The summed E-state index contributed by atoms with van der Waals surface area (Å²) >= 11 is 0. The highest BCUT2D eigenvalue weighted by molar-refractivity contribution is 6.74.